The summed E-state index contributed by atoms with van der Waals surface area (Å²) in [5.74, 6) is -0.203. The molecule has 1 aromatic rings. The van der Waals surface area contributed by atoms with Crippen LogP contribution in [0.5, 0.6) is 0 Å². The molecular weight excluding hydrogens is 352 g/mol. The number of nitrogens with zero attached hydrogens (tertiary/aromatic N) is 2. The molecule has 2 aliphatic heterocycles. The second kappa shape index (κ2) is 11.1. The van der Waals surface area contributed by atoms with E-state index in [2.05, 4.69) is 15.5 Å². The minimum Gasteiger partial charge on any atom is -0.385 e. The number of piperidine rings is 1. The van der Waals surface area contributed by atoms with Crippen molar-refractivity contribution in [3.8, 4) is 0 Å². The van der Waals surface area contributed by atoms with Gasteiger partial charge in [-0.15, -0.1) is 0 Å². The van der Waals surface area contributed by atoms with Crippen LogP contribution in [0.15, 0.2) is 24.3 Å². The van der Waals surface area contributed by atoms with Crippen LogP contribution in [0.3, 0.4) is 0 Å². The summed E-state index contributed by atoms with van der Waals surface area (Å²) in [6, 6.07) is 7.52. The van der Waals surface area contributed by atoms with Crippen molar-refractivity contribution in [1.29, 1.82) is 0 Å². The van der Waals surface area contributed by atoms with E-state index in [1.807, 2.05) is 24.3 Å². The fourth-order valence-corrected chi connectivity index (χ4v) is 3.98. The highest BCUT2D eigenvalue weighted by Crippen LogP contribution is 2.20. The summed E-state index contributed by atoms with van der Waals surface area (Å²) in [6.07, 6.45) is 11.0. The van der Waals surface area contributed by atoms with Crippen molar-refractivity contribution in [1.82, 2.24) is 10.2 Å². The largest absolute Gasteiger partial charge is 0.385 e. The molecule has 1 aromatic carbocycles. The lowest BCUT2D eigenvalue weighted by molar-refractivity contribution is -0.120. The van der Waals surface area contributed by atoms with Gasteiger partial charge in [-0.05, 0) is 69.6 Å². The van der Waals surface area contributed by atoms with Gasteiger partial charge in [0.2, 0.25) is 5.91 Å². The van der Waals surface area contributed by atoms with Crippen LogP contribution in [0.1, 0.15) is 57.8 Å². The maximum atomic E-state index is 11.9. The molecule has 3 rings (SSSR count). The van der Waals surface area contributed by atoms with E-state index >= 15 is 0 Å². The predicted octanol–water partition coefficient (Wildman–Crippen LogP) is 3.98. The van der Waals surface area contributed by atoms with Crippen LogP contribution < -0.4 is 15.5 Å². The predicted molar refractivity (Wildman–Crippen MR) is 114 cm³/mol. The van der Waals surface area contributed by atoms with Gasteiger partial charge in [-0.3, -0.25) is 15.0 Å². The van der Waals surface area contributed by atoms with Crippen molar-refractivity contribution in [2.45, 2.75) is 57.8 Å². The number of imide groups is 1. The lowest BCUT2D eigenvalue weighted by atomic mass is 10.1. The zero-order chi connectivity index (χ0) is 19.6. The van der Waals surface area contributed by atoms with Crippen molar-refractivity contribution in [3.05, 3.63) is 24.3 Å². The second-order valence-electron chi connectivity index (χ2n) is 7.90. The number of anilines is 2. The molecule has 2 saturated heterocycles. The first-order chi connectivity index (χ1) is 13.7. The van der Waals surface area contributed by atoms with Crippen LogP contribution in [0.4, 0.5) is 16.2 Å². The van der Waals surface area contributed by atoms with Gasteiger partial charge in [0.15, 0.2) is 0 Å². The number of carbonyl (C=O) groups is 2. The Bertz CT molecular complexity index is 626. The van der Waals surface area contributed by atoms with E-state index in [4.69, 9.17) is 0 Å². The Morgan fingerprint density at radius 2 is 1.57 bits per heavy atom. The molecule has 28 heavy (non-hydrogen) atoms. The Morgan fingerprint density at radius 1 is 0.857 bits per heavy atom. The van der Waals surface area contributed by atoms with Gasteiger partial charge in [0.1, 0.15) is 0 Å². The fourth-order valence-electron chi connectivity index (χ4n) is 3.98. The zero-order valence-electron chi connectivity index (χ0n) is 16.9. The molecule has 0 unspecified atom stereocenters. The molecule has 2 N–H and O–H groups in total. The summed E-state index contributed by atoms with van der Waals surface area (Å²) in [5, 5.41) is 5.81. The number of unbranched alkanes of at least 4 members (excludes halogenated alkanes) is 4. The fraction of sp³-hybridized carbons (Fsp3) is 0.636. The van der Waals surface area contributed by atoms with Gasteiger partial charge in [0.25, 0.3) is 0 Å². The lowest BCUT2D eigenvalue weighted by Gasteiger charge is -2.26. The van der Waals surface area contributed by atoms with Gasteiger partial charge < -0.3 is 10.2 Å². The zero-order valence-corrected chi connectivity index (χ0v) is 16.9. The van der Waals surface area contributed by atoms with Crippen LogP contribution in [-0.4, -0.2) is 49.6 Å². The summed E-state index contributed by atoms with van der Waals surface area (Å²) in [7, 11) is 0. The number of hydrogen-bond donors (Lipinski definition) is 2. The molecule has 2 fully saturated rings. The van der Waals surface area contributed by atoms with Crippen molar-refractivity contribution < 1.29 is 9.59 Å². The molecule has 6 nitrogen and oxygen atoms in total. The molecule has 6 heteroatoms. The lowest BCUT2D eigenvalue weighted by Crippen LogP contribution is -2.49. The first-order valence-corrected chi connectivity index (χ1v) is 10.9. The Hall–Kier alpha value is -2.08. The van der Waals surface area contributed by atoms with Crippen molar-refractivity contribution in [3.63, 3.8) is 0 Å². The van der Waals surface area contributed by atoms with E-state index in [1.165, 1.54) is 71.0 Å². The molecular formula is C22H34N4O2. The number of urea groups is 1. The smallest absolute Gasteiger partial charge is 0.328 e. The topological polar surface area (TPSA) is 64.7 Å². The molecule has 154 valence electrons. The van der Waals surface area contributed by atoms with Gasteiger partial charge in [0.05, 0.1) is 0 Å². The van der Waals surface area contributed by atoms with Crippen LogP contribution in [0.25, 0.3) is 0 Å². The van der Waals surface area contributed by atoms with Gasteiger partial charge in [-0.2, -0.15) is 0 Å². The monoisotopic (exact) mass is 386 g/mol. The van der Waals surface area contributed by atoms with Crippen LogP contribution >= 0.6 is 0 Å². The van der Waals surface area contributed by atoms with Gasteiger partial charge in [-0.1, -0.05) is 25.7 Å². The number of amides is 3. The van der Waals surface area contributed by atoms with Crippen molar-refractivity contribution in [2.75, 3.05) is 42.9 Å². The highest BCUT2D eigenvalue weighted by molar-refractivity contribution is 6.05. The maximum absolute atomic E-state index is 11.9. The minimum absolute atomic E-state index is 0.203. The van der Waals surface area contributed by atoms with E-state index in [1.54, 1.807) is 4.90 Å². The number of carbonyl (C=O) groups excluding carboxylic acids is 2. The highest BCUT2D eigenvalue weighted by atomic mass is 16.2. The molecule has 0 aliphatic carbocycles. The number of benzene rings is 1. The third kappa shape index (κ3) is 6.51. The summed E-state index contributed by atoms with van der Waals surface area (Å²) in [5.41, 5.74) is 1.89. The molecule has 0 saturated carbocycles. The minimum atomic E-state index is -0.336. The molecule has 0 spiro atoms. The van der Waals surface area contributed by atoms with E-state index < -0.39 is 0 Å². The van der Waals surface area contributed by atoms with Crippen molar-refractivity contribution in [2.24, 2.45) is 0 Å². The molecule has 0 radical (unpaired) electrons. The normalized spacial score (nSPS) is 18.2. The molecule has 0 atom stereocenters. The van der Waals surface area contributed by atoms with Crippen LogP contribution in [0.2, 0.25) is 0 Å². The molecule has 0 bridgehead atoms. The van der Waals surface area contributed by atoms with Crippen LogP contribution in [-0.2, 0) is 4.79 Å². The van der Waals surface area contributed by atoms with E-state index in [0.29, 0.717) is 13.0 Å². The highest BCUT2D eigenvalue weighted by Gasteiger charge is 2.23. The third-order valence-electron chi connectivity index (χ3n) is 5.66. The number of rotatable bonds is 10. The summed E-state index contributed by atoms with van der Waals surface area (Å²) in [6.45, 7) is 5.32. The van der Waals surface area contributed by atoms with Gasteiger partial charge in [0, 0.05) is 30.9 Å². The second-order valence-corrected chi connectivity index (χ2v) is 7.90. The van der Waals surface area contributed by atoms with Crippen molar-refractivity contribution >= 4 is 23.3 Å². The maximum Gasteiger partial charge on any atom is 0.328 e. The number of likely N-dealkylation sites (tertiary alicyclic amines) is 1. The van der Waals surface area contributed by atoms with Gasteiger partial charge in [-0.25, -0.2) is 4.79 Å². The SMILES string of the molecule is O=C1CCN(c2ccc(NCCCCCCCN3CCCCC3)cc2)C(=O)N1. The first kappa shape index (κ1) is 20.6. The quantitative estimate of drug-likeness (QED) is 0.597. The number of hydrogen-bond acceptors (Lipinski definition) is 4. The summed E-state index contributed by atoms with van der Waals surface area (Å²) < 4.78 is 0. The number of nitrogens with one attached hydrogen (secondary N) is 2. The summed E-state index contributed by atoms with van der Waals surface area (Å²) >= 11 is 0. The van der Waals surface area contributed by atoms with E-state index in [9.17, 15) is 9.59 Å². The van der Waals surface area contributed by atoms with Crippen LogP contribution in [0, 0.1) is 0 Å². The van der Waals surface area contributed by atoms with E-state index in [-0.39, 0.29) is 11.9 Å². The Kier molecular flexibility index (Phi) is 8.15. The first-order valence-electron chi connectivity index (χ1n) is 10.9. The molecule has 2 aliphatic rings. The third-order valence-corrected chi connectivity index (χ3v) is 5.66. The average molecular weight is 387 g/mol. The Balaban J connectivity index is 1.25. The van der Waals surface area contributed by atoms with Gasteiger partial charge >= 0.3 is 6.03 Å². The molecule has 0 aromatic heterocycles. The Labute approximate surface area is 168 Å². The molecule has 3 amide bonds. The Morgan fingerprint density at radius 3 is 2.32 bits per heavy atom. The average Bonchev–Trinajstić information content (AvgIpc) is 2.71. The van der Waals surface area contributed by atoms with E-state index in [0.717, 1.165) is 17.9 Å². The molecule has 2 heterocycles. The summed E-state index contributed by atoms with van der Waals surface area (Å²) in [4.78, 5) is 27.3. The standard InChI is InChI=1S/C22H34N4O2/c27-21-13-18-26(22(28)24-21)20-11-9-19(10-12-20)23-14-5-2-1-3-6-15-25-16-7-4-8-17-25/h9-12,23H,1-8,13-18H2,(H,24,27,28).